The van der Waals surface area contributed by atoms with Crippen LogP contribution in [0.5, 0.6) is 0 Å². The van der Waals surface area contributed by atoms with Crippen LogP contribution in [0.25, 0.3) is 44.3 Å². The Balaban J connectivity index is 0.000000672. The number of carboxylic acids is 1. The number of fused-ring (bicyclic) bond motifs is 3. The normalized spacial score (nSPS) is 10.6. The third-order valence-electron chi connectivity index (χ3n) is 5.20. The summed E-state index contributed by atoms with van der Waals surface area (Å²) in [5.41, 5.74) is 5.16. The maximum Gasteiger partial charge on any atom is 0.300 e. The van der Waals surface area contributed by atoms with Gasteiger partial charge < -0.3 is 15.4 Å². The first kappa shape index (κ1) is 23.5. The highest BCUT2D eigenvalue weighted by molar-refractivity contribution is 6.13. The minimum Gasteiger partial charge on any atom is -0.481 e. The van der Waals surface area contributed by atoms with Gasteiger partial charge in [0.2, 0.25) is 5.91 Å². The molecule has 8 nitrogen and oxygen atoms in total. The highest BCUT2D eigenvalue weighted by Crippen LogP contribution is 2.36. The largest absolute Gasteiger partial charge is 0.481 e. The SMILES string of the molecule is CC(=O)NCc1ccc(-c2c(F)cnc3[nH]c4cnc(-c5cccnc5)cc4c23)cc1.CC(=O)O. The Kier molecular flexibility index (Phi) is 6.77. The molecule has 0 fully saturated rings. The lowest BCUT2D eigenvalue weighted by molar-refractivity contribution is -0.134. The summed E-state index contributed by atoms with van der Waals surface area (Å²) in [5.74, 6) is -1.33. The van der Waals surface area contributed by atoms with Crippen molar-refractivity contribution in [2.45, 2.75) is 20.4 Å². The molecule has 4 aromatic heterocycles. The van der Waals surface area contributed by atoms with Crippen LogP contribution in [0.2, 0.25) is 0 Å². The van der Waals surface area contributed by atoms with Gasteiger partial charge in [-0.3, -0.25) is 19.6 Å². The molecule has 9 heteroatoms. The fraction of sp³-hybridized carbons (Fsp3) is 0.115. The predicted molar refractivity (Wildman–Crippen MR) is 131 cm³/mol. The second-order valence-electron chi connectivity index (χ2n) is 7.81. The minimum absolute atomic E-state index is 0.0946. The Hall–Kier alpha value is -4.66. The van der Waals surface area contributed by atoms with Gasteiger partial charge in [0.15, 0.2) is 0 Å². The van der Waals surface area contributed by atoms with Gasteiger partial charge in [0.05, 0.1) is 23.6 Å². The van der Waals surface area contributed by atoms with Crippen LogP contribution in [-0.4, -0.2) is 36.9 Å². The highest BCUT2D eigenvalue weighted by atomic mass is 19.1. The summed E-state index contributed by atoms with van der Waals surface area (Å²) in [6.45, 7) is 2.99. The number of benzene rings is 1. The average Bonchev–Trinajstić information content (AvgIpc) is 3.21. The summed E-state index contributed by atoms with van der Waals surface area (Å²) in [6.07, 6.45) is 6.42. The van der Waals surface area contributed by atoms with E-state index < -0.39 is 11.8 Å². The Bertz CT molecular complexity index is 1510. The number of pyridine rings is 3. The van der Waals surface area contributed by atoms with Crippen LogP contribution in [0.15, 0.2) is 67.3 Å². The van der Waals surface area contributed by atoms with Gasteiger partial charge in [-0.2, -0.15) is 0 Å². The molecule has 0 aliphatic heterocycles. The first-order valence-electron chi connectivity index (χ1n) is 10.7. The lowest BCUT2D eigenvalue weighted by atomic mass is 9.99. The summed E-state index contributed by atoms with van der Waals surface area (Å²) >= 11 is 0. The molecule has 35 heavy (non-hydrogen) atoms. The average molecular weight is 471 g/mol. The summed E-state index contributed by atoms with van der Waals surface area (Å²) in [7, 11) is 0. The fourth-order valence-electron chi connectivity index (χ4n) is 3.70. The van der Waals surface area contributed by atoms with Crippen LogP contribution in [0.4, 0.5) is 4.39 Å². The van der Waals surface area contributed by atoms with E-state index in [2.05, 4.69) is 25.3 Å². The zero-order valence-electron chi connectivity index (χ0n) is 19.0. The van der Waals surface area contributed by atoms with Crippen LogP contribution >= 0.6 is 0 Å². The molecule has 5 aromatic rings. The van der Waals surface area contributed by atoms with Crippen molar-refractivity contribution < 1.29 is 19.1 Å². The van der Waals surface area contributed by atoms with Gasteiger partial charge in [-0.05, 0) is 29.3 Å². The van der Waals surface area contributed by atoms with Crippen molar-refractivity contribution in [3.63, 3.8) is 0 Å². The van der Waals surface area contributed by atoms with E-state index in [1.807, 2.05) is 42.5 Å². The van der Waals surface area contributed by atoms with Gasteiger partial charge in [-0.15, -0.1) is 0 Å². The zero-order chi connectivity index (χ0) is 24.9. The number of aromatic nitrogens is 4. The molecule has 0 bridgehead atoms. The number of nitrogens with zero attached hydrogens (tertiary/aromatic N) is 3. The second-order valence-corrected chi connectivity index (χ2v) is 7.81. The molecule has 0 aliphatic carbocycles. The number of aromatic amines is 1. The van der Waals surface area contributed by atoms with E-state index in [-0.39, 0.29) is 5.91 Å². The first-order valence-corrected chi connectivity index (χ1v) is 10.7. The van der Waals surface area contributed by atoms with E-state index in [0.29, 0.717) is 23.1 Å². The van der Waals surface area contributed by atoms with Crippen LogP contribution in [0.1, 0.15) is 19.4 Å². The van der Waals surface area contributed by atoms with E-state index in [4.69, 9.17) is 9.90 Å². The van der Waals surface area contributed by atoms with Crippen molar-refractivity contribution in [3.05, 3.63) is 78.6 Å². The Morgan fingerprint density at radius 3 is 2.43 bits per heavy atom. The number of hydrogen-bond donors (Lipinski definition) is 3. The molecule has 0 aliphatic rings. The molecule has 176 valence electrons. The minimum atomic E-state index is -0.833. The van der Waals surface area contributed by atoms with Crippen LogP contribution in [-0.2, 0) is 16.1 Å². The maximum absolute atomic E-state index is 15.0. The molecule has 0 spiro atoms. The smallest absolute Gasteiger partial charge is 0.300 e. The zero-order valence-corrected chi connectivity index (χ0v) is 19.0. The number of rotatable bonds is 4. The molecule has 0 atom stereocenters. The van der Waals surface area contributed by atoms with Gasteiger partial charge >= 0.3 is 0 Å². The lowest BCUT2D eigenvalue weighted by Gasteiger charge is -2.08. The van der Waals surface area contributed by atoms with E-state index in [1.165, 1.54) is 13.1 Å². The summed E-state index contributed by atoms with van der Waals surface area (Å²) in [4.78, 5) is 36.3. The van der Waals surface area contributed by atoms with Gasteiger partial charge in [0.25, 0.3) is 5.97 Å². The Morgan fingerprint density at radius 2 is 1.77 bits per heavy atom. The number of nitrogens with one attached hydrogen (secondary N) is 2. The number of aliphatic carboxylic acids is 1. The molecule has 3 N–H and O–H groups in total. The maximum atomic E-state index is 15.0. The molecular weight excluding hydrogens is 449 g/mol. The van der Waals surface area contributed by atoms with E-state index in [0.717, 1.165) is 40.2 Å². The number of amides is 1. The predicted octanol–water partition coefficient (Wildman–Crippen LogP) is 4.71. The number of carbonyl (C=O) groups excluding carboxylic acids is 1. The monoisotopic (exact) mass is 471 g/mol. The molecule has 0 saturated heterocycles. The fourth-order valence-corrected chi connectivity index (χ4v) is 3.70. The third-order valence-corrected chi connectivity index (χ3v) is 5.20. The molecule has 1 aromatic carbocycles. The Morgan fingerprint density at radius 1 is 1.03 bits per heavy atom. The first-order chi connectivity index (χ1) is 16.8. The summed E-state index contributed by atoms with van der Waals surface area (Å²) in [5, 5.41) is 11.7. The van der Waals surface area contributed by atoms with Crippen molar-refractivity contribution in [3.8, 4) is 22.4 Å². The van der Waals surface area contributed by atoms with Crippen LogP contribution in [0, 0.1) is 5.82 Å². The van der Waals surface area contributed by atoms with Crippen LogP contribution < -0.4 is 5.32 Å². The van der Waals surface area contributed by atoms with Crippen molar-refractivity contribution in [1.82, 2.24) is 25.3 Å². The number of halogens is 1. The molecule has 5 rings (SSSR count). The second kappa shape index (κ2) is 10.1. The van der Waals surface area contributed by atoms with E-state index in [1.54, 1.807) is 18.6 Å². The van der Waals surface area contributed by atoms with E-state index in [9.17, 15) is 4.79 Å². The van der Waals surface area contributed by atoms with Crippen molar-refractivity contribution >= 4 is 33.8 Å². The summed E-state index contributed by atoms with van der Waals surface area (Å²) < 4.78 is 15.0. The van der Waals surface area contributed by atoms with Gasteiger partial charge in [-0.25, -0.2) is 9.37 Å². The highest BCUT2D eigenvalue weighted by Gasteiger charge is 2.17. The van der Waals surface area contributed by atoms with Crippen molar-refractivity contribution in [2.75, 3.05) is 0 Å². The Labute approximate surface area is 199 Å². The topological polar surface area (TPSA) is 121 Å². The van der Waals surface area contributed by atoms with Gasteiger partial charge in [0.1, 0.15) is 11.5 Å². The number of carboxylic acid groups (broad SMARTS) is 1. The van der Waals surface area contributed by atoms with Gasteiger partial charge in [-0.1, -0.05) is 24.3 Å². The lowest BCUT2D eigenvalue weighted by Crippen LogP contribution is -2.18. The quantitative estimate of drug-likeness (QED) is 0.349. The van der Waals surface area contributed by atoms with Gasteiger partial charge in [0, 0.05) is 54.7 Å². The molecule has 4 heterocycles. The molecule has 1 amide bonds. The molecular formula is C26H22FN5O3. The standard InChI is InChI=1S/C24H18FN5O.C2H4O2/c1-14(31)27-10-15-4-6-16(7-5-15)22-19(25)12-29-24-23(22)18-9-20(28-13-21(18)30-24)17-3-2-8-26-11-17;1-2(3)4/h2-9,11-13H,10H2,1H3,(H,27,31)(H,29,30);1H3,(H,3,4). The molecule has 0 radical (unpaired) electrons. The van der Waals surface area contributed by atoms with Crippen LogP contribution in [0.3, 0.4) is 0 Å². The van der Waals surface area contributed by atoms with E-state index >= 15 is 4.39 Å². The van der Waals surface area contributed by atoms with Crippen molar-refractivity contribution in [1.29, 1.82) is 0 Å². The number of H-pyrrole nitrogens is 1. The van der Waals surface area contributed by atoms with Crippen molar-refractivity contribution in [2.24, 2.45) is 0 Å². The number of carbonyl (C=O) groups is 2. The molecule has 0 saturated carbocycles. The number of hydrogen-bond acceptors (Lipinski definition) is 5. The summed E-state index contributed by atoms with van der Waals surface area (Å²) in [6, 6.07) is 13.2. The third kappa shape index (κ3) is 5.30. The molecule has 0 unspecified atom stereocenters.